The number of hydrogen-bond acceptors (Lipinski definition) is 2. The van der Waals surface area contributed by atoms with Crippen molar-refractivity contribution in [2.45, 2.75) is 19.2 Å². The highest BCUT2D eigenvalue weighted by atomic mass is 79.9. The van der Waals surface area contributed by atoms with E-state index in [1.54, 1.807) is 6.08 Å². The summed E-state index contributed by atoms with van der Waals surface area (Å²) in [6.45, 7) is 4.67. The van der Waals surface area contributed by atoms with Gasteiger partial charge in [-0.3, -0.25) is 5.41 Å². The molecule has 0 spiro atoms. The van der Waals surface area contributed by atoms with Gasteiger partial charge in [0.2, 0.25) is 5.62 Å². The largest absolute Gasteiger partial charge is 0.387 e. The number of rotatable bonds is 5. The molecule has 0 fully saturated rings. The number of allylic oxidation sites excluding steroid dienone is 1. The maximum Gasteiger partial charge on any atom is 0.203 e. The molecule has 0 amide bonds. The highest BCUT2D eigenvalue weighted by molar-refractivity contribution is 9.10. The molecule has 118 valence electrons. The molecule has 1 aromatic heterocycles. The lowest BCUT2D eigenvalue weighted by molar-refractivity contribution is 0.155. The number of aliphatic hydroxyl groups is 1. The molecule has 1 heterocycles. The van der Waals surface area contributed by atoms with Gasteiger partial charge in [0, 0.05) is 11.0 Å². The molecule has 2 N–H and O–H groups in total. The molecule has 1 unspecified atom stereocenters. The highest BCUT2D eigenvalue weighted by Gasteiger charge is 2.14. The van der Waals surface area contributed by atoms with Crippen molar-refractivity contribution in [1.82, 2.24) is 9.13 Å². The van der Waals surface area contributed by atoms with Gasteiger partial charge in [0.15, 0.2) is 0 Å². The van der Waals surface area contributed by atoms with Crippen molar-refractivity contribution in [3.63, 3.8) is 0 Å². The van der Waals surface area contributed by atoms with Crippen molar-refractivity contribution in [2.24, 2.45) is 0 Å². The molecule has 23 heavy (non-hydrogen) atoms. The normalized spacial score (nSPS) is 12.4. The number of nitrogens with one attached hydrogen (secondary N) is 1. The molecule has 0 aliphatic rings. The third-order valence-electron chi connectivity index (χ3n) is 3.90. The quantitative estimate of drug-likeness (QED) is 0.661. The summed E-state index contributed by atoms with van der Waals surface area (Å²) >= 11 is 3.40. The van der Waals surface area contributed by atoms with E-state index in [0.29, 0.717) is 18.7 Å². The van der Waals surface area contributed by atoms with E-state index in [1.165, 1.54) is 0 Å². The van der Waals surface area contributed by atoms with Gasteiger partial charge in [-0.15, -0.1) is 6.58 Å². The van der Waals surface area contributed by atoms with Crippen molar-refractivity contribution in [3.8, 4) is 0 Å². The summed E-state index contributed by atoms with van der Waals surface area (Å²) in [7, 11) is 0. The lowest BCUT2D eigenvalue weighted by Gasteiger charge is -2.13. The minimum absolute atomic E-state index is 0.338. The number of aliphatic hydroxyl groups excluding tert-OH is 1. The van der Waals surface area contributed by atoms with Crippen LogP contribution in [0.5, 0.6) is 0 Å². The summed E-state index contributed by atoms with van der Waals surface area (Å²) in [4.78, 5) is 0. The summed E-state index contributed by atoms with van der Waals surface area (Å²) < 4.78 is 4.70. The van der Waals surface area contributed by atoms with E-state index in [4.69, 9.17) is 5.41 Å². The number of aromatic nitrogens is 2. The molecule has 0 radical (unpaired) electrons. The second kappa shape index (κ2) is 6.56. The molecule has 3 aromatic rings. The van der Waals surface area contributed by atoms with Crippen LogP contribution >= 0.6 is 15.9 Å². The van der Waals surface area contributed by atoms with Crippen LogP contribution < -0.4 is 5.62 Å². The first-order valence-electron chi connectivity index (χ1n) is 7.39. The van der Waals surface area contributed by atoms with E-state index < -0.39 is 6.10 Å². The standard InChI is InChI=1S/C18H18BrN3O/c1-2-11-21-15-5-3-4-6-16(15)22(18(21)20)12-17(23)13-7-9-14(19)10-8-13/h2-10,17,20,23H,1,11-12H2. The van der Waals surface area contributed by atoms with Gasteiger partial charge in [-0.1, -0.05) is 46.3 Å². The predicted molar refractivity (Wildman–Crippen MR) is 95.1 cm³/mol. The molecule has 0 saturated carbocycles. The maximum absolute atomic E-state index is 10.5. The smallest absolute Gasteiger partial charge is 0.203 e. The first-order chi connectivity index (χ1) is 11.1. The number of imidazole rings is 1. The zero-order valence-corrected chi connectivity index (χ0v) is 14.2. The molecule has 0 bridgehead atoms. The zero-order valence-electron chi connectivity index (χ0n) is 12.6. The second-order valence-corrected chi connectivity index (χ2v) is 6.31. The second-order valence-electron chi connectivity index (χ2n) is 5.39. The van der Waals surface area contributed by atoms with E-state index in [9.17, 15) is 5.11 Å². The van der Waals surface area contributed by atoms with Gasteiger partial charge in [-0.2, -0.15) is 0 Å². The van der Waals surface area contributed by atoms with Crippen molar-refractivity contribution < 1.29 is 5.11 Å². The Labute approximate surface area is 143 Å². The number of benzene rings is 2. The molecule has 3 rings (SSSR count). The van der Waals surface area contributed by atoms with Crippen LogP contribution in [0.3, 0.4) is 0 Å². The lowest BCUT2D eigenvalue weighted by atomic mass is 10.1. The van der Waals surface area contributed by atoms with E-state index in [0.717, 1.165) is 21.1 Å². The zero-order chi connectivity index (χ0) is 16.4. The first kappa shape index (κ1) is 15.8. The van der Waals surface area contributed by atoms with Crippen LogP contribution in [0.25, 0.3) is 11.0 Å². The molecular weight excluding hydrogens is 354 g/mol. The SMILES string of the molecule is C=CCn1c(=N)n(CC(O)c2ccc(Br)cc2)c2ccccc21. The average Bonchev–Trinajstić information content (AvgIpc) is 2.82. The number of halogens is 1. The number of fused-ring (bicyclic) bond motifs is 1. The van der Waals surface area contributed by atoms with Gasteiger partial charge in [-0.05, 0) is 29.8 Å². The fraction of sp³-hybridized carbons (Fsp3) is 0.167. The van der Waals surface area contributed by atoms with Gasteiger partial charge in [0.25, 0.3) is 0 Å². The molecule has 5 heteroatoms. The Kier molecular flexibility index (Phi) is 4.50. The minimum Gasteiger partial charge on any atom is -0.387 e. The van der Waals surface area contributed by atoms with Crippen LogP contribution in [-0.2, 0) is 13.1 Å². The lowest BCUT2D eigenvalue weighted by Crippen LogP contribution is -2.26. The summed E-state index contributed by atoms with van der Waals surface area (Å²) in [5.41, 5.74) is 3.11. The summed E-state index contributed by atoms with van der Waals surface area (Å²) in [6, 6.07) is 15.5. The maximum atomic E-state index is 10.5. The Bertz CT molecular complexity index is 893. The monoisotopic (exact) mass is 371 g/mol. The Morgan fingerprint density at radius 1 is 1.09 bits per heavy atom. The van der Waals surface area contributed by atoms with Crippen LogP contribution in [0.2, 0.25) is 0 Å². The van der Waals surface area contributed by atoms with Gasteiger partial charge in [-0.25, -0.2) is 0 Å². The molecule has 4 nitrogen and oxygen atoms in total. The van der Waals surface area contributed by atoms with E-state index in [2.05, 4.69) is 22.5 Å². The highest BCUT2D eigenvalue weighted by Crippen LogP contribution is 2.20. The molecule has 0 aliphatic heterocycles. The third kappa shape index (κ3) is 3.02. The van der Waals surface area contributed by atoms with Crippen LogP contribution in [-0.4, -0.2) is 14.2 Å². The molecular formula is C18H18BrN3O. The number of para-hydroxylation sites is 2. The first-order valence-corrected chi connectivity index (χ1v) is 8.18. The third-order valence-corrected chi connectivity index (χ3v) is 4.43. The van der Waals surface area contributed by atoms with Crippen LogP contribution in [0.15, 0.2) is 65.7 Å². The predicted octanol–water partition coefficient (Wildman–Crippen LogP) is 3.60. The van der Waals surface area contributed by atoms with Crippen LogP contribution in [0, 0.1) is 5.41 Å². The summed E-state index contributed by atoms with van der Waals surface area (Å²) in [5.74, 6) is 0. The van der Waals surface area contributed by atoms with Gasteiger partial charge < -0.3 is 14.2 Å². The van der Waals surface area contributed by atoms with Crippen molar-refractivity contribution in [2.75, 3.05) is 0 Å². The van der Waals surface area contributed by atoms with Gasteiger partial charge >= 0.3 is 0 Å². The Morgan fingerprint density at radius 3 is 2.30 bits per heavy atom. The minimum atomic E-state index is -0.666. The van der Waals surface area contributed by atoms with Crippen molar-refractivity contribution >= 4 is 27.0 Å². The topological polar surface area (TPSA) is 53.9 Å². The van der Waals surface area contributed by atoms with Crippen LogP contribution in [0.4, 0.5) is 0 Å². The average molecular weight is 372 g/mol. The van der Waals surface area contributed by atoms with Gasteiger partial charge in [0.05, 0.1) is 23.7 Å². The summed E-state index contributed by atoms with van der Waals surface area (Å²) in [5, 5.41) is 19.0. The Hall–Kier alpha value is -2.11. The van der Waals surface area contributed by atoms with E-state index in [1.807, 2.05) is 57.7 Å². The van der Waals surface area contributed by atoms with Crippen molar-refractivity contribution in [1.29, 1.82) is 5.41 Å². The fourth-order valence-electron chi connectivity index (χ4n) is 2.76. The van der Waals surface area contributed by atoms with Gasteiger partial charge in [0.1, 0.15) is 0 Å². The number of nitrogens with zero attached hydrogens (tertiary/aromatic N) is 2. The van der Waals surface area contributed by atoms with Crippen molar-refractivity contribution in [3.05, 3.63) is 76.8 Å². The van der Waals surface area contributed by atoms with E-state index in [-0.39, 0.29) is 0 Å². The molecule has 0 saturated heterocycles. The molecule has 2 aromatic carbocycles. The Morgan fingerprint density at radius 2 is 1.70 bits per heavy atom. The molecule has 1 atom stereocenters. The van der Waals surface area contributed by atoms with Crippen LogP contribution in [0.1, 0.15) is 11.7 Å². The summed E-state index contributed by atoms with van der Waals surface area (Å²) in [6.07, 6.45) is 1.11. The molecule has 0 aliphatic carbocycles. The number of hydrogen-bond donors (Lipinski definition) is 2. The Balaban J connectivity index is 2.02. The van der Waals surface area contributed by atoms with E-state index >= 15 is 0 Å². The fourth-order valence-corrected chi connectivity index (χ4v) is 3.02.